The van der Waals surface area contributed by atoms with Crippen LogP contribution in [0.5, 0.6) is 11.5 Å². The first-order valence-electron chi connectivity index (χ1n) is 10.2. The van der Waals surface area contributed by atoms with Crippen LogP contribution in [0, 0.1) is 0 Å². The van der Waals surface area contributed by atoms with Gasteiger partial charge < -0.3 is 14.0 Å². The molecule has 0 heterocycles. The summed E-state index contributed by atoms with van der Waals surface area (Å²) in [6.45, 7) is 7.92. The van der Waals surface area contributed by atoms with Crippen molar-refractivity contribution in [2.45, 2.75) is 46.6 Å². The van der Waals surface area contributed by atoms with E-state index < -0.39 is 24.5 Å². The Kier molecular flexibility index (Phi) is 8.82. The summed E-state index contributed by atoms with van der Waals surface area (Å²) in [6.07, 6.45) is 0.532. The van der Waals surface area contributed by atoms with Crippen LogP contribution in [0.4, 0.5) is 0 Å². The molecule has 0 spiro atoms. The summed E-state index contributed by atoms with van der Waals surface area (Å²) in [4.78, 5) is 27.0. The molecule has 0 saturated heterocycles. The Morgan fingerprint density at radius 2 is 1.17 bits per heavy atom. The lowest BCUT2D eigenvalue weighted by atomic mass is 10.2. The number of ether oxygens (including phenoxy) is 2. The summed E-state index contributed by atoms with van der Waals surface area (Å²) >= 11 is 0. The van der Waals surface area contributed by atoms with Gasteiger partial charge in [0.05, 0.1) is 30.4 Å². The minimum atomic E-state index is -4.47. The van der Waals surface area contributed by atoms with Crippen molar-refractivity contribution in [1.82, 2.24) is 0 Å². The fourth-order valence-corrected chi connectivity index (χ4v) is 5.10. The first kappa shape index (κ1) is 23.8. The lowest BCUT2D eigenvalue weighted by molar-refractivity contribution is 0.0958. The van der Waals surface area contributed by atoms with E-state index in [1.165, 1.54) is 12.1 Å². The zero-order valence-electron chi connectivity index (χ0n) is 17.9. The Labute approximate surface area is 178 Å². The van der Waals surface area contributed by atoms with Gasteiger partial charge in [-0.25, -0.2) is 0 Å². The Hall–Kier alpha value is -2.43. The van der Waals surface area contributed by atoms with Crippen molar-refractivity contribution in [3.05, 3.63) is 59.7 Å². The normalized spacial score (nSPS) is 11.4. The first-order chi connectivity index (χ1) is 14.4. The number of carbonyl (C=O) groups is 2. The molecule has 0 aromatic heterocycles. The maximum atomic E-state index is 14.0. The molecule has 0 amide bonds. The van der Waals surface area contributed by atoms with E-state index in [4.69, 9.17) is 14.0 Å². The van der Waals surface area contributed by atoms with E-state index in [-0.39, 0.29) is 22.6 Å². The largest absolute Gasteiger partial charge is 0.493 e. The summed E-state index contributed by atoms with van der Waals surface area (Å²) < 4.78 is 30.9. The minimum Gasteiger partial charge on any atom is -0.493 e. The third-order valence-corrected chi connectivity index (χ3v) is 6.72. The number of rotatable bonds is 12. The highest BCUT2D eigenvalue weighted by atomic mass is 31.2. The molecule has 0 aliphatic carbocycles. The number of benzene rings is 2. The van der Waals surface area contributed by atoms with Crippen LogP contribution in [-0.2, 0) is 9.09 Å². The summed E-state index contributed by atoms with van der Waals surface area (Å²) in [7, 11) is -4.47. The predicted molar refractivity (Wildman–Crippen MR) is 117 cm³/mol. The second kappa shape index (κ2) is 11.1. The van der Waals surface area contributed by atoms with Crippen LogP contribution in [0.25, 0.3) is 0 Å². The van der Waals surface area contributed by atoms with Gasteiger partial charge in [0, 0.05) is 0 Å². The standard InChI is InChI=1S/C23H29O6P/c1-5-17(6-2)29-30(26,22(24)18-13-9-11-15-20(18)27-7-3)23(25)19-14-10-12-16-21(19)28-8-4/h9-17H,5-8H2,1-4H3. The fraction of sp³-hybridized carbons (Fsp3) is 0.391. The number of para-hydroxylation sites is 2. The third kappa shape index (κ3) is 5.18. The Morgan fingerprint density at radius 3 is 1.53 bits per heavy atom. The molecule has 0 bridgehead atoms. The number of carbonyl (C=O) groups excluding carboxylic acids is 2. The molecule has 30 heavy (non-hydrogen) atoms. The summed E-state index contributed by atoms with van der Waals surface area (Å²) in [5.74, 6) is 0.536. The average molecular weight is 432 g/mol. The van der Waals surface area contributed by atoms with Gasteiger partial charge in [-0.05, 0) is 51.0 Å². The number of hydrogen-bond donors (Lipinski definition) is 0. The molecular weight excluding hydrogens is 403 g/mol. The van der Waals surface area contributed by atoms with Crippen LogP contribution in [-0.4, -0.2) is 30.4 Å². The van der Waals surface area contributed by atoms with E-state index in [2.05, 4.69) is 0 Å². The van der Waals surface area contributed by atoms with Crippen LogP contribution in [0.2, 0.25) is 0 Å². The van der Waals surface area contributed by atoms with Gasteiger partial charge in [0.25, 0.3) is 11.0 Å². The third-order valence-electron chi connectivity index (χ3n) is 4.58. The summed E-state index contributed by atoms with van der Waals surface area (Å²) in [6, 6.07) is 12.9. The summed E-state index contributed by atoms with van der Waals surface area (Å²) in [5, 5.41) is 0. The van der Waals surface area contributed by atoms with Crippen molar-refractivity contribution in [3.8, 4) is 11.5 Å². The average Bonchev–Trinajstić information content (AvgIpc) is 2.77. The lowest BCUT2D eigenvalue weighted by Crippen LogP contribution is -2.20. The van der Waals surface area contributed by atoms with Crippen molar-refractivity contribution in [1.29, 1.82) is 0 Å². The molecule has 0 unspecified atom stereocenters. The zero-order valence-corrected chi connectivity index (χ0v) is 18.8. The maximum Gasteiger partial charge on any atom is 0.340 e. The van der Waals surface area contributed by atoms with E-state index in [0.717, 1.165) is 0 Å². The molecule has 0 atom stereocenters. The van der Waals surface area contributed by atoms with Crippen molar-refractivity contribution in [2.75, 3.05) is 13.2 Å². The first-order valence-corrected chi connectivity index (χ1v) is 11.9. The van der Waals surface area contributed by atoms with Gasteiger partial charge in [0.1, 0.15) is 11.5 Å². The van der Waals surface area contributed by atoms with Crippen molar-refractivity contribution in [3.63, 3.8) is 0 Å². The SMILES string of the molecule is CCOc1ccccc1C(=O)P(=O)(OC(CC)CC)C(=O)c1ccccc1OCC. The smallest absolute Gasteiger partial charge is 0.340 e. The molecule has 2 aromatic carbocycles. The molecule has 6 nitrogen and oxygen atoms in total. The van der Waals surface area contributed by atoms with Gasteiger partial charge in [-0.1, -0.05) is 38.1 Å². The molecular formula is C23H29O6P. The molecule has 0 N–H and O–H groups in total. The molecule has 7 heteroatoms. The van der Waals surface area contributed by atoms with E-state index in [9.17, 15) is 14.2 Å². The topological polar surface area (TPSA) is 78.9 Å². The molecule has 0 aliphatic heterocycles. The Bertz CT molecular complexity index is 854. The Morgan fingerprint density at radius 1 is 0.767 bits per heavy atom. The van der Waals surface area contributed by atoms with Crippen molar-refractivity contribution in [2.24, 2.45) is 0 Å². The highest BCUT2D eigenvalue weighted by Gasteiger charge is 2.46. The van der Waals surface area contributed by atoms with Gasteiger partial charge in [0.2, 0.25) is 0 Å². The van der Waals surface area contributed by atoms with Crippen LogP contribution in [0.1, 0.15) is 61.3 Å². The molecule has 2 rings (SSSR count). The van der Waals surface area contributed by atoms with E-state index in [0.29, 0.717) is 26.1 Å². The van der Waals surface area contributed by atoms with Crippen molar-refractivity contribution >= 4 is 18.4 Å². The number of hydrogen-bond acceptors (Lipinski definition) is 6. The van der Waals surface area contributed by atoms with E-state index in [1.807, 2.05) is 13.8 Å². The monoisotopic (exact) mass is 432 g/mol. The highest BCUT2D eigenvalue weighted by Crippen LogP contribution is 2.56. The van der Waals surface area contributed by atoms with Gasteiger partial charge in [0.15, 0.2) is 0 Å². The van der Waals surface area contributed by atoms with Crippen LogP contribution in [0.15, 0.2) is 48.5 Å². The van der Waals surface area contributed by atoms with Crippen molar-refractivity contribution < 1.29 is 28.2 Å². The highest BCUT2D eigenvalue weighted by molar-refractivity contribution is 7.91. The van der Waals surface area contributed by atoms with Gasteiger partial charge >= 0.3 is 7.37 Å². The molecule has 2 aromatic rings. The fourth-order valence-electron chi connectivity index (χ4n) is 3.00. The Balaban J connectivity index is 2.61. The summed E-state index contributed by atoms with van der Waals surface area (Å²) in [5.41, 5.74) is -1.60. The zero-order chi connectivity index (χ0) is 22.1. The van der Waals surface area contributed by atoms with Crippen LogP contribution >= 0.6 is 7.37 Å². The predicted octanol–water partition coefficient (Wildman–Crippen LogP) is 5.95. The molecule has 162 valence electrons. The maximum absolute atomic E-state index is 14.0. The molecule has 0 aliphatic rings. The lowest BCUT2D eigenvalue weighted by Gasteiger charge is -2.23. The van der Waals surface area contributed by atoms with Gasteiger partial charge in [-0.15, -0.1) is 0 Å². The second-order valence-electron chi connectivity index (χ2n) is 6.56. The minimum absolute atomic E-state index is 0.0656. The van der Waals surface area contributed by atoms with Gasteiger partial charge in [-0.3, -0.25) is 14.2 Å². The van der Waals surface area contributed by atoms with Crippen LogP contribution < -0.4 is 9.47 Å². The van der Waals surface area contributed by atoms with Crippen LogP contribution in [0.3, 0.4) is 0 Å². The molecule has 0 radical (unpaired) electrons. The van der Waals surface area contributed by atoms with E-state index in [1.54, 1.807) is 50.2 Å². The molecule has 0 fully saturated rings. The second-order valence-corrected chi connectivity index (χ2v) is 8.69. The molecule has 0 saturated carbocycles. The quantitative estimate of drug-likeness (QED) is 0.386. The van der Waals surface area contributed by atoms with E-state index >= 15 is 0 Å². The van der Waals surface area contributed by atoms with Gasteiger partial charge in [-0.2, -0.15) is 0 Å².